The minimum absolute atomic E-state index is 0.0368. The highest BCUT2D eigenvalue weighted by atomic mass is 32.2. The van der Waals surface area contributed by atoms with Crippen LogP contribution in [-0.4, -0.2) is 26.6 Å². The third-order valence-corrected chi connectivity index (χ3v) is 6.08. The van der Waals surface area contributed by atoms with Crippen molar-refractivity contribution in [2.75, 3.05) is 5.75 Å². The first-order valence-corrected chi connectivity index (χ1v) is 10.9. The molecule has 0 atom stereocenters. The summed E-state index contributed by atoms with van der Waals surface area (Å²) in [6.45, 7) is 4.53. The SMILES string of the molecule is C=C1/C=C(/C(=O)NCc2ccc(-c3ccnc4[nH]ccc34)nc2)SCCCCC1. The van der Waals surface area contributed by atoms with Crippen LogP contribution in [0.25, 0.3) is 22.3 Å². The number of aromatic amines is 1. The second-order valence-corrected chi connectivity index (χ2v) is 8.30. The molecule has 0 saturated heterocycles. The highest BCUT2D eigenvalue weighted by Gasteiger charge is 2.12. The maximum atomic E-state index is 12.6. The van der Waals surface area contributed by atoms with Crippen LogP contribution in [0.15, 0.2) is 66.0 Å². The molecule has 148 valence electrons. The molecule has 0 aromatic carbocycles. The Bertz CT molecular complexity index is 1050. The van der Waals surface area contributed by atoms with Crippen LogP contribution in [0.1, 0.15) is 31.2 Å². The fraction of sp³-hybridized carbons (Fsp3) is 0.261. The predicted octanol–water partition coefficient (Wildman–Crippen LogP) is 4.99. The molecule has 3 aromatic heterocycles. The lowest BCUT2D eigenvalue weighted by molar-refractivity contribution is -0.116. The quantitative estimate of drug-likeness (QED) is 0.643. The smallest absolute Gasteiger partial charge is 0.257 e. The standard InChI is InChI=1S/C23H24N4OS/c1-16-5-3-2-4-12-29-21(13-16)23(28)27-15-17-6-7-20(26-14-17)18-8-10-24-22-19(18)9-11-25-22/h6-11,13-14H,1-5,12,15H2,(H,24,25)(H,27,28)/b21-13-. The molecular weight excluding hydrogens is 380 g/mol. The molecule has 29 heavy (non-hydrogen) atoms. The lowest BCUT2D eigenvalue weighted by atomic mass is 10.1. The van der Waals surface area contributed by atoms with Crippen molar-refractivity contribution < 1.29 is 4.79 Å². The largest absolute Gasteiger partial charge is 0.347 e. The zero-order chi connectivity index (χ0) is 20.1. The molecule has 4 heterocycles. The molecule has 1 aliphatic rings. The molecule has 5 nitrogen and oxygen atoms in total. The van der Waals surface area contributed by atoms with Gasteiger partial charge in [0.2, 0.25) is 0 Å². The van der Waals surface area contributed by atoms with E-state index in [0.717, 1.165) is 63.3 Å². The molecule has 4 rings (SSSR count). The highest BCUT2D eigenvalue weighted by Crippen LogP contribution is 2.26. The maximum Gasteiger partial charge on any atom is 0.257 e. The first-order chi connectivity index (χ1) is 14.2. The Balaban J connectivity index is 1.42. The van der Waals surface area contributed by atoms with Gasteiger partial charge < -0.3 is 10.3 Å². The Kier molecular flexibility index (Phi) is 6.10. The summed E-state index contributed by atoms with van der Waals surface area (Å²) in [6, 6.07) is 7.96. The van der Waals surface area contributed by atoms with Gasteiger partial charge in [0.1, 0.15) is 5.65 Å². The summed E-state index contributed by atoms with van der Waals surface area (Å²) >= 11 is 1.62. The van der Waals surface area contributed by atoms with E-state index in [9.17, 15) is 4.79 Å². The second kappa shape index (κ2) is 9.09. The molecule has 0 radical (unpaired) electrons. The van der Waals surface area contributed by atoms with Crippen LogP contribution in [0.5, 0.6) is 0 Å². The van der Waals surface area contributed by atoms with E-state index in [0.29, 0.717) is 6.54 Å². The number of nitrogens with one attached hydrogen (secondary N) is 2. The zero-order valence-corrected chi connectivity index (χ0v) is 17.1. The van der Waals surface area contributed by atoms with E-state index in [-0.39, 0.29) is 5.91 Å². The average molecular weight is 405 g/mol. The summed E-state index contributed by atoms with van der Waals surface area (Å²) < 4.78 is 0. The van der Waals surface area contributed by atoms with Gasteiger partial charge in [0, 0.05) is 36.1 Å². The van der Waals surface area contributed by atoms with Crippen molar-refractivity contribution in [3.63, 3.8) is 0 Å². The lowest BCUT2D eigenvalue weighted by Gasteiger charge is -2.09. The van der Waals surface area contributed by atoms with Gasteiger partial charge in [-0.25, -0.2) is 4.98 Å². The topological polar surface area (TPSA) is 70.7 Å². The Morgan fingerprint density at radius 1 is 1.17 bits per heavy atom. The summed E-state index contributed by atoms with van der Waals surface area (Å²) in [7, 11) is 0. The number of amides is 1. The van der Waals surface area contributed by atoms with Crippen LogP contribution in [0, 0.1) is 0 Å². The number of hydrogen-bond acceptors (Lipinski definition) is 4. The van der Waals surface area contributed by atoms with E-state index in [1.54, 1.807) is 18.0 Å². The fourth-order valence-corrected chi connectivity index (χ4v) is 4.41. The average Bonchev–Trinajstić information content (AvgIpc) is 3.25. The number of carbonyl (C=O) groups is 1. The molecule has 0 unspecified atom stereocenters. The van der Waals surface area contributed by atoms with Crippen molar-refractivity contribution >= 4 is 28.7 Å². The van der Waals surface area contributed by atoms with E-state index in [2.05, 4.69) is 26.8 Å². The molecule has 1 aliphatic heterocycles. The van der Waals surface area contributed by atoms with Gasteiger partial charge in [-0.05, 0) is 54.9 Å². The van der Waals surface area contributed by atoms with Crippen molar-refractivity contribution in [1.82, 2.24) is 20.3 Å². The second-order valence-electron chi connectivity index (χ2n) is 7.16. The van der Waals surface area contributed by atoms with Gasteiger partial charge in [-0.1, -0.05) is 24.6 Å². The Morgan fingerprint density at radius 3 is 2.97 bits per heavy atom. The summed E-state index contributed by atoms with van der Waals surface area (Å²) in [6.07, 6.45) is 11.9. The van der Waals surface area contributed by atoms with Crippen LogP contribution in [0.4, 0.5) is 0 Å². The molecule has 0 aliphatic carbocycles. The van der Waals surface area contributed by atoms with Crippen molar-refractivity contribution in [3.05, 3.63) is 71.6 Å². The minimum Gasteiger partial charge on any atom is -0.347 e. The third kappa shape index (κ3) is 4.77. The molecular formula is C23H24N4OS. The summed E-state index contributed by atoms with van der Waals surface area (Å²) in [5.74, 6) is 0.938. The van der Waals surface area contributed by atoms with E-state index in [1.807, 2.05) is 42.7 Å². The van der Waals surface area contributed by atoms with Crippen LogP contribution in [0.2, 0.25) is 0 Å². The van der Waals surface area contributed by atoms with Crippen LogP contribution < -0.4 is 5.32 Å². The van der Waals surface area contributed by atoms with Gasteiger partial charge >= 0.3 is 0 Å². The normalized spacial score (nSPS) is 17.1. The Morgan fingerprint density at radius 2 is 2.10 bits per heavy atom. The van der Waals surface area contributed by atoms with E-state index in [1.165, 1.54) is 6.42 Å². The molecule has 1 amide bonds. The van der Waals surface area contributed by atoms with E-state index < -0.39 is 0 Å². The number of H-pyrrole nitrogens is 1. The number of rotatable bonds is 4. The molecule has 0 spiro atoms. The Hall–Kier alpha value is -2.86. The lowest BCUT2D eigenvalue weighted by Crippen LogP contribution is -2.23. The summed E-state index contributed by atoms with van der Waals surface area (Å²) in [5, 5.41) is 4.07. The number of pyridine rings is 2. The maximum absolute atomic E-state index is 12.6. The molecule has 6 heteroatoms. The van der Waals surface area contributed by atoms with Gasteiger partial charge in [0.15, 0.2) is 0 Å². The van der Waals surface area contributed by atoms with Crippen LogP contribution in [0.3, 0.4) is 0 Å². The van der Waals surface area contributed by atoms with Gasteiger partial charge in [0.05, 0.1) is 10.6 Å². The van der Waals surface area contributed by atoms with E-state index >= 15 is 0 Å². The first-order valence-electron chi connectivity index (χ1n) is 9.88. The van der Waals surface area contributed by atoms with Crippen molar-refractivity contribution in [1.29, 1.82) is 0 Å². The zero-order valence-electron chi connectivity index (χ0n) is 16.3. The Labute approximate surface area is 174 Å². The van der Waals surface area contributed by atoms with Gasteiger partial charge in [-0.15, -0.1) is 11.8 Å². The van der Waals surface area contributed by atoms with E-state index in [4.69, 9.17) is 0 Å². The van der Waals surface area contributed by atoms with Crippen molar-refractivity contribution in [2.24, 2.45) is 0 Å². The number of hydrogen-bond donors (Lipinski definition) is 2. The highest BCUT2D eigenvalue weighted by molar-refractivity contribution is 8.04. The number of thioether (sulfide) groups is 1. The van der Waals surface area contributed by atoms with Gasteiger partial charge in [-0.3, -0.25) is 9.78 Å². The number of nitrogens with zero attached hydrogens (tertiary/aromatic N) is 2. The molecule has 0 saturated carbocycles. The monoisotopic (exact) mass is 404 g/mol. The summed E-state index contributed by atoms with van der Waals surface area (Å²) in [4.78, 5) is 25.4. The third-order valence-electron chi connectivity index (χ3n) is 4.97. The molecule has 3 aromatic rings. The summed E-state index contributed by atoms with van der Waals surface area (Å²) in [5.41, 5.74) is 4.77. The number of fused-ring (bicyclic) bond motifs is 1. The van der Waals surface area contributed by atoms with Crippen molar-refractivity contribution in [2.45, 2.75) is 32.2 Å². The fourth-order valence-electron chi connectivity index (χ4n) is 3.39. The minimum atomic E-state index is -0.0368. The van der Waals surface area contributed by atoms with Crippen LogP contribution >= 0.6 is 11.8 Å². The van der Waals surface area contributed by atoms with Crippen LogP contribution in [-0.2, 0) is 11.3 Å². The number of carbonyl (C=O) groups excluding carboxylic acids is 1. The molecule has 0 bridgehead atoms. The first kappa shape index (κ1) is 19.5. The van der Waals surface area contributed by atoms with Crippen molar-refractivity contribution in [3.8, 4) is 11.3 Å². The molecule has 2 N–H and O–H groups in total. The number of allylic oxidation sites excluding steroid dienone is 2. The number of aromatic nitrogens is 3. The van der Waals surface area contributed by atoms with Gasteiger partial charge in [-0.2, -0.15) is 0 Å². The molecule has 0 fully saturated rings. The predicted molar refractivity (Wildman–Crippen MR) is 119 cm³/mol. The van der Waals surface area contributed by atoms with Gasteiger partial charge in [0.25, 0.3) is 5.91 Å².